The first kappa shape index (κ1) is 17.7. The van der Waals surface area contributed by atoms with E-state index in [1.165, 1.54) is 15.2 Å². The molecule has 0 spiro atoms. The average Bonchev–Trinajstić information content (AvgIpc) is 2.89. The Hall–Kier alpha value is -2.65. The van der Waals surface area contributed by atoms with E-state index in [4.69, 9.17) is 5.73 Å². The maximum Gasteiger partial charge on any atom is 0.291 e. The number of nitrogen functional groups attached to an aromatic ring is 1. The Morgan fingerprint density at radius 3 is 2.78 bits per heavy atom. The van der Waals surface area contributed by atoms with Crippen LogP contribution in [0.4, 0.5) is 5.69 Å². The van der Waals surface area contributed by atoms with Gasteiger partial charge in [0.2, 0.25) is 10.0 Å². The largest absolute Gasteiger partial charge is 0.399 e. The molecule has 27 heavy (non-hydrogen) atoms. The van der Waals surface area contributed by atoms with Crippen LogP contribution >= 0.6 is 0 Å². The first-order valence-electron chi connectivity index (χ1n) is 8.61. The second-order valence-corrected chi connectivity index (χ2v) is 8.93. The Labute approximate surface area is 156 Å². The minimum Gasteiger partial charge on any atom is -0.399 e. The van der Waals surface area contributed by atoms with Gasteiger partial charge in [0, 0.05) is 30.4 Å². The monoisotopic (exact) mass is 387 g/mol. The van der Waals surface area contributed by atoms with Crippen LogP contribution in [0, 0.1) is 0 Å². The second kappa shape index (κ2) is 6.21. The highest BCUT2D eigenvalue weighted by atomic mass is 32.2. The minimum atomic E-state index is -3.28. The fraction of sp³-hybridized carbons (Fsp3) is 0.333. The van der Waals surface area contributed by atoms with Crippen LogP contribution in [-0.2, 0) is 36.6 Å². The van der Waals surface area contributed by atoms with Crippen molar-refractivity contribution in [3.05, 3.63) is 57.6 Å². The number of sulfonamides is 1. The van der Waals surface area contributed by atoms with Gasteiger partial charge in [-0.05, 0) is 29.7 Å². The van der Waals surface area contributed by atoms with Gasteiger partial charge in [-0.3, -0.25) is 4.79 Å². The van der Waals surface area contributed by atoms with Gasteiger partial charge in [-0.15, -0.1) is 0 Å². The van der Waals surface area contributed by atoms with Crippen molar-refractivity contribution in [2.75, 3.05) is 18.5 Å². The zero-order valence-corrected chi connectivity index (χ0v) is 16.0. The van der Waals surface area contributed by atoms with E-state index in [2.05, 4.69) is 5.10 Å². The van der Waals surface area contributed by atoms with E-state index >= 15 is 0 Å². The first-order chi connectivity index (χ1) is 12.8. The molecule has 0 bridgehead atoms. The van der Waals surface area contributed by atoms with Crippen LogP contribution < -0.4 is 11.3 Å². The van der Waals surface area contributed by atoms with Gasteiger partial charge in [-0.25, -0.2) is 13.1 Å². The molecule has 2 aromatic heterocycles. The van der Waals surface area contributed by atoms with E-state index in [0.717, 1.165) is 22.2 Å². The lowest BCUT2D eigenvalue weighted by molar-refractivity contribution is 0.386. The van der Waals surface area contributed by atoms with Crippen LogP contribution in [0.3, 0.4) is 0 Å². The molecule has 1 aliphatic heterocycles. The minimum absolute atomic E-state index is 0.197. The highest BCUT2D eigenvalue weighted by molar-refractivity contribution is 7.88. The molecule has 9 heteroatoms. The normalized spacial score (nSPS) is 15.2. The summed E-state index contributed by atoms with van der Waals surface area (Å²) in [7, 11) is -1.47. The van der Waals surface area contributed by atoms with Gasteiger partial charge in [0.1, 0.15) is 5.52 Å². The number of nitrogens with two attached hydrogens (primary N) is 1. The Balaban J connectivity index is 1.81. The molecule has 3 aromatic rings. The lowest BCUT2D eigenvalue weighted by Crippen LogP contribution is -2.35. The summed E-state index contributed by atoms with van der Waals surface area (Å²) in [6.07, 6.45) is 3.48. The van der Waals surface area contributed by atoms with Gasteiger partial charge in [0.15, 0.2) is 0 Å². The molecule has 8 nitrogen and oxygen atoms in total. The predicted molar refractivity (Wildman–Crippen MR) is 104 cm³/mol. The molecule has 3 heterocycles. The molecule has 0 unspecified atom stereocenters. The van der Waals surface area contributed by atoms with E-state index in [-0.39, 0.29) is 12.1 Å². The SMILES string of the molecule is Cn1c2c(c3cnn(Cc4cccc(N)c4)c(=O)c31)CCN(S(C)(=O)=O)C2. The quantitative estimate of drug-likeness (QED) is 0.666. The zero-order valence-electron chi connectivity index (χ0n) is 15.2. The van der Waals surface area contributed by atoms with Gasteiger partial charge >= 0.3 is 0 Å². The molecule has 0 fully saturated rings. The van der Waals surface area contributed by atoms with E-state index in [1.54, 1.807) is 19.3 Å². The summed E-state index contributed by atoms with van der Waals surface area (Å²) < 4.78 is 28.5. The number of rotatable bonds is 3. The van der Waals surface area contributed by atoms with Crippen molar-refractivity contribution in [1.82, 2.24) is 18.7 Å². The molecular formula is C18H21N5O3S. The Morgan fingerprint density at radius 1 is 1.30 bits per heavy atom. The summed E-state index contributed by atoms with van der Waals surface area (Å²) in [6.45, 7) is 1.01. The van der Waals surface area contributed by atoms with Crippen molar-refractivity contribution < 1.29 is 8.42 Å². The number of hydrogen-bond acceptors (Lipinski definition) is 5. The second-order valence-electron chi connectivity index (χ2n) is 6.95. The molecule has 142 valence electrons. The van der Waals surface area contributed by atoms with Gasteiger partial charge in [-0.2, -0.15) is 9.40 Å². The van der Waals surface area contributed by atoms with Crippen LogP contribution in [0.1, 0.15) is 16.8 Å². The van der Waals surface area contributed by atoms with Crippen molar-refractivity contribution >= 4 is 26.6 Å². The number of aryl methyl sites for hydroxylation is 1. The maximum absolute atomic E-state index is 13.1. The third-order valence-corrected chi connectivity index (χ3v) is 6.37. The first-order valence-corrected chi connectivity index (χ1v) is 10.5. The van der Waals surface area contributed by atoms with Crippen molar-refractivity contribution in [3.63, 3.8) is 0 Å². The molecule has 4 rings (SSSR count). The standard InChI is InChI=1S/C18H21N5O3S/c1-21-16-11-22(27(2,25)26)7-6-14(16)15-9-20-23(18(24)17(15)21)10-12-4-3-5-13(19)8-12/h3-5,8-9H,6-7,10-11,19H2,1-2H3. The number of benzene rings is 1. The highest BCUT2D eigenvalue weighted by Gasteiger charge is 2.28. The van der Waals surface area contributed by atoms with E-state index in [9.17, 15) is 13.2 Å². The molecule has 0 amide bonds. The Bertz CT molecular complexity index is 1210. The van der Waals surface area contributed by atoms with Crippen LogP contribution in [0.15, 0.2) is 35.3 Å². The van der Waals surface area contributed by atoms with Crippen molar-refractivity contribution in [3.8, 4) is 0 Å². The van der Waals surface area contributed by atoms with E-state index < -0.39 is 10.0 Å². The van der Waals surface area contributed by atoms with E-state index in [0.29, 0.717) is 30.7 Å². The van der Waals surface area contributed by atoms with E-state index in [1.807, 2.05) is 22.8 Å². The fourth-order valence-corrected chi connectivity index (χ4v) is 4.52. The summed E-state index contributed by atoms with van der Waals surface area (Å²) in [5, 5.41) is 5.14. The molecule has 1 aromatic carbocycles. The van der Waals surface area contributed by atoms with Crippen LogP contribution in [-0.4, -0.2) is 39.9 Å². The molecule has 0 saturated carbocycles. The summed E-state index contributed by atoms with van der Waals surface area (Å²) in [4.78, 5) is 13.1. The summed E-state index contributed by atoms with van der Waals surface area (Å²) in [5.41, 5.74) is 9.55. The number of nitrogens with zero attached hydrogens (tertiary/aromatic N) is 4. The summed E-state index contributed by atoms with van der Waals surface area (Å²) in [6, 6.07) is 7.35. The van der Waals surface area contributed by atoms with Gasteiger partial charge < -0.3 is 10.3 Å². The summed E-state index contributed by atoms with van der Waals surface area (Å²) in [5.74, 6) is 0. The number of aromatic nitrogens is 3. The maximum atomic E-state index is 13.1. The zero-order chi connectivity index (χ0) is 19.3. The third kappa shape index (κ3) is 3.02. The molecule has 0 aliphatic carbocycles. The number of fused-ring (bicyclic) bond motifs is 3. The third-order valence-electron chi connectivity index (χ3n) is 5.12. The van der Waals surface area contributed by atoms with Crippen LogP contribution in [0.25, 0.3) is 10.9 Å². The number of hydrogen-bond donors (Lipinski definition) is 1. The highest BCUT2D eigenvalue weighted by Crippen LogP contribution is 2.28. The average molecular weight is 387 g/mol. The Morgan fingerprint density at radius 2 is 2.07 bits per heavy atom. The molecule has 2 N–H and O–H groups in total. The van der Waals surface area contributed by atoms with Crippen LogP contribution in [0.2, 0.25) is 0 Å². The molecule has 0 saturated heterocycles. The Kier molecular flexibility index (Phi) is 4.08. The lowest BCUT2D eigenvalue weighted by atomic mass is 10.1. The topological polar surface area (TPSA) is 103 Å². The lowest BCUT2D eigenvalue weighted by Gasteiger charge is -2.25. The van der Waals surface area contributed by atoms with Gasteiger partial charge in [-0.1, -0.05) is 12.1 Å². The molecule has 0 atom stereocenters. The van der Waals surface area contributed by atoms with Crippen molar-refractivity contribution in [1.29, 1.82) is 0 Å². The van der Waals surface area contributed by atoms with Crippen molar-refractivity contribution in [2.24, 2.45) is 7.05 Å². The molecular weight excluding hydrogens is 366 g/mol. The van der Waals surface area contributed by atoms with Gasteiger partial charge in [0.05, 0.1) is 25.5 Å². The number of anilines is 1. The van der Waals surface area contributed by atoms with Crippen LogP contribution in [0.5, 0.6) is 0 Å². The van der Waals surface area contributed by atoms with Gasteiger partial charge in [0.25, 0.3) is 5.56 Å². The molecule has 1 aliphatic rings. The fourth-order valence-electron chi connectivity index (χ4n) is 3.74. The molecule has 0 radical (unpaired) electrons. The smallest absolute Gasteiger partial charge is 0.291 e. The van der Waals surface area contributed by atoms with Crippen molar-refractivity contribution in [2.45, 2.75) is 19.5 Å². The predicted octanol–water partition coefficient (Wildman–Crippen LogP) is 0.683. The summed E-state index contributed by atoms with van der Waals surface area (Å²) >= 11 is 0.